The third-order valence-corrected chi connectivity index (χ3v) is 14.8. The van der Waals surface area contributed by atoms with Crippen molar-refractivity contribution in [3.05, 3.63) is 75.8 Å². The molecule has 5 aliphatic rings. The smallest absolute Gasteiger partial charge is 0.383 e. The fraction of sp³-hybridized carbons (Fsp3) is 0.559. The highest BCUT2D eigenvalue weighted by Gasteiger charge is 2.79. The van der Waals surface area contributed by atoms with Gasteiger partial charge in [0, 0.05) is 16.7 Å². The van der Waals surface area contributed by atoms with E-state index in [0.717, 1.165) is 22.3 Å². The highest BCUT2D eigenvalue weighted by Crippen LogP contribution is 2.71. The second-order valence-corrected chi connectivity index (χ2v) is 17.4. The van der Waals surface area contributed by atoms with Crippen LogP contribution in [0, 0.1) is 35.5 Å². The van der Waals surface area contributed by atoms with Gasteiger partial charge < -0.3 is 5.11 Å². The van der Waals surface area contributed by atoms with E-state index in [0.29, 0.717) is 19.3 Å². The molecule has 0 aliphatic heterocycles. The van der Waals surface area contributed by atoms with E-state index >= 15 is 8.78 Å². The molecule has 0 spiro atoms. The number of carbonyl (C=O) groups excluding carboxylic acids is 1. The van der Waals surface area contributed by atoms with Gasteiger partial charge in [-0.2, -0.15) is 30.4 Å². The summed E-state index contributed by atoms with van der Waals surface area (Å²) in [7, 11) is -6.97. The Morgan fingerprint density at radius 1 is 1.02 bits per heavy atom. The molecule has 0 radical (unpaired) electrons. The number of carbonyl (C=O) groups is 1. The van der Waals surface area contributed by atoms with Crippen LogP contribution in [-0.2, 0) is 25.4 Å². The number of nitrogens with zero attached hydrogens (tertiary/aromatic N) is 1. The first-order valence-electron chi connectivity index (χ1n) is 15.8. The Hall–Kier alpha value is -2.64. The Balaban J connectivity index is 1.41. The number of halogens is 5. The number of sulfonamides is 1. The van der Waals surface area contributed by atoms with Crippen molar-refractivity contribution in [1.29, 1.82) is 0 Å². The summed E-state index contributed by atoms with van der Waals surface area (Å²) in [5.41, 5.74) is -2.36. The lowest BCUT2D eigenvalue weighted by Gasteiger charge is -2.58. The monoisotopic (exact) mass is 699 g/mol. The number of aliphatic hydroxyl groups is 1. The van der Waals surface area contributed by atoms with E-state index in [1.54, 1.807) is 37.3 Å². The molecule has 1 aromatic carbocycles. The van der Waals surface area contributed by atoms with E-state index in [4.69, 9.17) is 0 Å². The molecule has 47 heavy (non-hydrogen) atoms. The molecule has 13 heteroatoms. The van der Waals surface area contributed by atoms with Gasteiger partial charge in [0.05, 0.1) is 15.5 Å². The molecule has 1 N–H and O–H groups in total. The van der Waals surface area contributed by atoms with Gasteiger partial charge in [-0.15, -0.1) is 3.77 Å². The number of thiol groups is 1. The minimum absolute atomic E-state index is 0.00968. The maximum Gasteiger partial charge on any atom is 0.456 e. The van der Waals surface area contributed by atoms with Crippen LogP contribution in [0.3, 0.4) is 0 Å². The maximum absolute atomic E-state index is 15.3. The second kappa shape index (κ2) is 11.2. The number of hydrogen-bond donors (Lipinski definition) is 2. The highest BCUT2D eigenvalue weighted by atomic mass is 32.3. The van der Waals surface area contributed by atoms with Gasteiger partial charge in [-0.1, -0.05) is 49.3 Å². The highest BCUT2D eigenvalue weighted by molar-refractivity contribution is 7.97. The van der Waals surface area contributed by atoms with Crippen molar-refractivity contribution < 1.29 is 44.5 Å². The van der Waals surface area contributed by atoms with Gasteiger partial charge in [0.2, 0.25) is 0 Å². The average Bonchev–Trinajstić information content (AvgIpc) is 3.27. The average molecular weight is 700 g/mol. The van der Waals surface area contributed by atoms with Crippen LogP contribution in [0.1, 0.15) is 70.8 Å². The summed E-state index contributed by atoms with van der Waals surface area (Å²) in [6, 6.07) is 5.95. The fourth-order valence-electron chi connectivity index (χ4n) is 9.04. The molecule has 6 rings (SSSR count). The molecular formula is C34H38F5NO5S2. The molecule has 0 saturated heterocycles. The molecule has 5 aliphatic carbocycles. The van der Waals surface area contributed by atoms with Gasteiger partial charge in [0.1, 0.15) is 5.60 Å². The van der Waals surface area contributed by atoms with Crippen molar-refractivity contribution in [2.75, 3.05) is 0 Å². The molecule has 256 valence electrons. The van der Waals surface area contributed by atoms with Crippen LogP contribution in [-0.4, -0.2) is 41.2 Å². The first kappa shape index (κ1) is 34.2. The molecule has 2 fully saturated rings. The number of allylic oxidation sites excluding steroid dienone is 7. The third-order valence-electron chi connectivity index (χ3n) is 11.7. The van der Waals surface area contributed by atoms with Gasteiger partial charge in [0.15, 0.2) is 5.78 Å². The molecule has 2 saturated carbocycles. The van der Waals surface area contributed by atoms with Crippen LogP contribution in [0.2, 0.25) is 0 Å². The Morgan fingerprint density at radius 2 is 1.70 bits per heavy atom. The van der Waals surface area contributed by atoms with Gasteiger partial charge in [-0.3, -0.25) is 4.79 Å². The topological polar surface area (TPSA) is 101 Å². The molecule has 0 bridgehead atoms. The van der Waals surface area contributed by atoms with Crippen LogP contribution < -0.4 is 0 Å². The van der Waals surface area contributed by atoms with Crippen molar-refractivity contribution in [1.82, 2.24) is 0 Å². The first-order valence-corrected chi connectivity index (χ1v) is 18.4. The predicted octanol–water partition coefficient (Wildman–Crippen LogP) is 7.56. The fourth-order valence-corrected chi connectivity index (χ4v) is 11.5. The minimum Gasteiger partial charge on any atom is -0.383 e. The summed E-state index contributed by atoms with van der Waals surface area (Å²) >= 11 is 0. The van der Waals surface area contributed by atoms with Gasteiger partial charge in [-0.25, -0.2) is 4.21 Å². The van der Waals surface area contributed by atoms with Gasteiger partial charge in [-0.05, 0) is 110 Å². The zero-order chi connectivity index (χ0) is 34.4. The quantitative estimate of drug-likeness (QED) is 0.244. The zero-order valence-electron chi connectivity index (χ0n) is 26.3. The second-order valence-electron chi connectivity index (χ2n) is 14.3. The Labute approximate surface area is 273 Å². The summed E-state index contributed by atoms with van der Waals surface area (Å²) in [5.74, 6) is -6.92. The third kappa shape index (κ3) is 5.29. The van der Waals surface area contributed by atoms with Gasteiger partial charge >= 0.3 is 12.1 Å². The van der Waals surface area contributed by atoms with Crippen LogP contribution in [0.4, 0.5) is 22.0 Å². The van der Waals surface area contributed by atoms with Crippen LogP contribution in [0.5, 0.6) is 0 Å². The summed E-state index contributed by atoms with van der Waals surface area (Å²) in [5, 5.41) is 11.5. The number of alkyl halides is 5. The van der Waals surface area contributed by atoms with E-state index in [9.17, 15) is 35.7 Å². The van der Waals surface area contributed by atoms with Crippen molar-refractivity contribution in [2.45, 2.75) is 94.7 Å². The van der Waals surface area contributed by atoms with Crippen LogP contribution in [0.25, 0.3) is 0 Å². The number of ketones is 1. The lowest BCUT2D eigenvalue weighted by atomic mass is 9.47. The summed E-state index contributed by atoms with van der Waals surface area (Å²) in [4.78, 5) is 12.4. The standard InChI is InChI=1S/C34H38F5NO5S2/c1-20-4-8-24(9-5-20)47(44,45)40-46(43)23-12-15-30(2,16-13-23)28-19-31(3)27(14-17-32(31,42)33(35,36)34(37,38)39)26-10-6-21-18-22(41)7-11-25(21)29(26)28/h4-5,8-9,12-13,15,18,26-28,42,46H,6-7,10-11,14,16-17,19H2,1-3H3/t26?,27?,28-,30?,31-,32-/m0/s1. The molecule has 1 aromatic rings. The number of fused-ring (bicyclic) bond motifs is 4. The van der Waals surface area contributed by atoms with Crippen molar-refractivity contribution in [3.63, 3.8) is 0 Å². The van der Waals surface area contributed by atoms with Crippen molar-refractivity contribution >= 4 is 26.4 Å². The lowest BCUT2D eigenvalue weighted by molar-refractivity contribution is -0.363. The Bertz CT molecular complexity index is 1840. The molecule has 0 heterocycles. The van der Waals surface area contributed by atoms with E-state index in [1.165, 1.54) is 25.1 Å². The zero-order valence-corrected chi connectivity index (χ0v) is 28.0. The summed E-state index contributed by atoms with van der Waals surface area (Å²) < 4.78 is 115. The number of rotatable bonds is 5. The molecule has 4 unspecified atom stereocenters. The Morgan fingerprint density at radius 3 is 2.32 bits per heavy atom. The Kier molecular flexibility index (Phi) is 8.15. The molecular weight excluding hydrogens is 661 g/mol. The normalized spacial score (nSPS) is 35.2. The van der Waals surface area contributed by atoms with Crippen LogP contribution in [0.15, 0.2) is 78.9 Å². The van der Waals surface area contributed by atoms with E-state index < -0.39 is 67.4 Å². The number of hydrogen-bond acceptors (Lipinski definition) is 5. The van der Waals surface area contributed by atoms with E-state index in [2.05, 4.69) is 3.77 Å². The van der Waals surface area contributed by atoms with E-state index in [1.807, 2.05) is 6.92 Å². The van der Waals surface area contributed by atoms with E-state index in [-0.39, 0.29) is 47.2 Å². The SMILES string of the molecule is Cc1ccc(S(=O)(=O)N=[SH](=O)C2=CCC(C)([C@H]3C[C@@]4(C)C(CC[C@@]4(O)C(F)(F)C(F)(F)F)C4CCC5=CC(=O)CCC5=C43)C=C2)cc1. The van der Waals surface area contributed by atoms with Gasteiger partial charge in [0.25, 0.3) is 10.0 Å². The lowest BCUT2D eigenvalue weighted by Crippen LogP contribution is -2.66. The number of benzene rings is 1. The first-order chi connectivity index (χ1) is 21.7. The summed E-state index contributed by atoms with van der Waals surface area (Å²) in [6.45, 7) is 5.02. The van der Waals surface area contributed by atoms with Crippen LogP contribution >= 0.6 is 0 Å². The van der Waals surface area contributed by atoms with Crippen molar-refractivity contribution in [3.8, 4) is 0 Å². The maximum atomic E-state index is 15.3. The largest absolute Gasteiger partial charge is 0.456 e. The molecule has 0 aromatic heterocycles. The van der Waals surface area contributed by atoms with Crippen molar-refractivity contribution in [2.24, 2.45) is 32.4 Å². The minimum atomic E-state index is -5.94. The molecule has 6 nitrogen and oxygen atoms in total. The molecule has 7 atom stereocenters. The number of aryl methyl sites for hydroxylation is 1. The predicted molar refractivity (Wildman–Crippen MR) is 167 cm³/mol. The summed E-state index contributed by atoms with van der Waals surface area (Å²) in [6.07, 6.45) is 1.52. The molecule has 0 amide bonds.